The van der Waals surface area contributed by atoms with Gasteiger partial charge in [-0.25, -0.2) is 9.67 Å². The summed E-state index contributed by atoms with van der Waals surface area (Å²) >= 11 is 11.7. The van der Waals surface area contributed by atoms with Crippen LogP contribution >= 0.6 is 23.2 Å². The number of nitrogen functional groups attached to an aromatic ring is 1. The van der Waals surface area contributed by atoms with Crippen molar-refractivity contribution >= 4 is 29.0 Å². The van der Waals surface area contributed by atoms with E-state index in [1.165, 1.54) is 23.1 Å². The van der Waals surface area contributed by atoms with Gasteiger partial charge in [0.25, 0.3) is 0 Å². The largest absolute Gasteiger partial charge is 0.381 e. The molecule has 2 heterocycles. The lowest BCUT2D eigenvalue weighted by Gasteiger charge is -2.02. The van der Waals surface area contributed by atoms with Crippen LogP contribution in [0.15, 0.2) is 18.5 Å². The first-order chi connectivity index (χ1) is 7.61. The van der Waals surface area contributed by atoms with Crippen molar-refractivity contribution in [1.82, 2.24) is 14.8 Å². The SMILES string of the molecule is N#Cc1cn(-c2ncc(Cl)cc2Cl)nc1N. The fourth-order valence-electron chi connectivity index (χ4n) is 1.16. The minimum Gasteiger partial charge on any atom is -0.381 e. The number of nitrogens with two attached hydrogens (primary N) is 1. The van der Waals surface area contributed by atoms with Crippen LogP contribution < -0.4 is 5.73 Å². The Morgan fingerprint density at radius 3 is 2.75 bits per heavy atom. The molecule has 0 unspecified atom stereocenters. The first kappa shape index (κ1) is 10.7. The van der Waals surface area contributed by atoms with Crippen molar-refractivity contribution in [2.75, 3.05) is 5.73 Å². The normalized spacial score (nSPS) is 10.1. The third kappa shape index (κ3) is 1.81. The lowest BCUT2D eigenvalue weighted by atomic mass is 10.4. The number of nitrogens with zero attached hydrogens (tertiary/aromatic N) is 4. The van der Waals surface area contributed by atoms with Crippen LogP contribution in [-0.4, -0.2) is 14.8 Å². The molecule has 0 aliphatic carbocycles. The molecule has 0 saturated heterocycles. The van der Waals surface area contributed by atoms with Gasteiger partial charge in [0.1, 0.15) is 11.6 Å². The topological polar surface area (TPSA) is 80.5 Å². The summed E-state index contributed by atoms with van der Waals surface area (Å²) in [5, 5.41) is 13.4. The average Bonchev–Trinajstić information content (AvgIpc) is 2.59. The molecule has 0 atom stereocenters. The number of pyridine rings is 1. The molecule has 0 aromatic carbocycles. The summed E-state index contributed by atoms with van der Waals surface area (Å²) in [5.74, 6) is 0.509. The second kappa shape index (κ2) is 4.00. The predicted molar refractivity (Wildman–Crippen MR) is 60.5 cm³/mol. The Labute approximate surface area is 101 Å². The highest BCUT2D eigenvalue weighted by Crippen LogP contribution is 2.22. The van der Waals surface area contributed by atoms with Gasteiger partial charge in [-0.15, -0.1) is 5.10 Å². The fourth-order valence-corrected chi connectivity index (χ4v) is 1.62. The number of nitriles is 1. The highest BCUT2D eigenvalue weighted by atomic mass is 35.5. The Bertz CT molecular complexity index is 584. The Kier molecular flexibility index (Phi) is 2.69. The lowest BCUT2D eigenvalue weighted by molar-refractivity contribution is 0.852. The Hall–Kier alpha value is -1.77. The highest BCUT2D eigenvalue weighted by Gasteiger charge is 2.10. The van der Waals surface area contributed by atoms with E-state index in [2.05, 4.69) is 10.1 Å². The molecule has 2 aromatic rings. The third-order valence-corrected chi connectivity index (χ3v) is 2.35. The van der Waals surface area contributed by atoms with Gasteiger partial charge in [-0.05, 0) is 6.07 Å². The lowest BCUT2D eigenvalue weighted by Crippen LogP contribution is -1.99. The van der Waals surface area contributed by atoms with Crippen LogP contribution in [-0.2, 0) is 0 Å². The van der Waals surface area contributed by atoms with Crippen molar-refractivity contribution in [3.8, 4) is 11.9 Å². The average molecular weight is 254 g/mol. The van der Waals surface area contributed by atoms with E-state index in [0.717, 1.165) is 0 Å². The zero-order valence-electron chi connectivity index (χ0n) is 7.85. The van der Waals surface area contributed by atoms with E-state index in [0.29, 0.717) is 15.9 Å². The molecule has 0 bridgehead atoms. The third-order valence-electron chi connectivity index (χ3n) is 1.87. The highest BCUT2D eigenvalue weighted by molar-refractivity contribution is 6.35. The second-order valence-electron chi connectivity index (χ2n) is 2.94. The molecular weight excluding hydrogens is 249 g/mol. The maximum atomic E-state index is 8.73. The van der Waals surface area contributed by atoms with Gasteiger partial charge in [0.05, 0.1) is 16.2 Å². The van der Waals surface area contributed by atoms with E-state index in [1.54, 1.807) is 0 Å². The van der Waals surface area contributed by atoms with Crippen molar-refractivity contribution in [3.05, 3.63) is 34.1 Å². The van der Waals surface area contributed by atoms with Crippen molar-refractivity contribution in [2.24, 2.45) is 0 Å². The summed E-state index contributed by atoms with van der Waals surface area (Å²) < 4.78 is 1.34. The molecule has 80 valence electrons. The Morgan fingerprint density at radius 2 is 2.19 bits per heavy atom. The van der Waals surface area contributed by atoms with Crippen LogP contribution in [0.4, 0.5) is 5.82 Å². The summed E-state index contributed by atoms with van der Waals surface area (Å²) in [5.41, 5.74) is 5.79. The number of rotatable bonds is 1. The minimum absolute atomic E-state index is 0.135. The molecule has 2 rings (SSSR count). The van der Waals surface area contributed by atoms with Crippen LogP contribution in [0.25, 0.3) is 5.82 Å². The van der Waals surface area contributed by atoms with Crippen LogP contribution in [0.3, 0.4) is 0 Å². The van der Waals surface area contributed by atoms with Gasteiger partial charge in [0, 0.05) is 6.20 Å². The minimum atomic E-state index is 0.135. The molecule has 2 aromatic heterocycles. The molecular formula is C9H5Cl2N5. The standard InChI is InChI=1S/C9H5Cl2N5/c10-6-1-7(11)9(14-3-6)16-4-5(2-12)8(13)15-16/h1,3-4H,(H2,13,15). The summed E-state index contributed by atoms with van der Waals surface area (Å²) in [6.45, 7) is 0. The first-order valence-corrected chi connectivity index (χ1v) is 4.94. The molecule has 0 aliphatic heterocycles. The maximum Gasteiger partial charge on any atom is 0.172 e. The number of hydrogen-bond acceptors (Lipinski definition) is 4. The molecule has 16 heavy (non-hydrogen) atoms. The van der Waals surface area contributed by atoms with E-state index < -0.39 is 0 Å². The zero-order valence-corrected chi connectivity index (χ0v) is 9.37. The van der Waals surface area contributed by atoms with E-state index in [-0.39, 0.29) is 11.4 Å². The van der Waals surface area contributed by atoms with Gasteiger partial charge in [0.15, 0.2) is 11.6 Å². The van der Waals surface area contributed by atoms with Gasteiger partial charge in [-0.2, -0.15) is 5.26 Å². The van der Waals surface area contributed by atoms with Crippen LogP contribution in [0.1, 0.15) is 5.56 Å². The van der Waals surface area contributed by atoms with E-state index in [1.807, 2.05) is 6.07 Å². The predicted octanol–water partition coefficient (Wildman–Crippen LogP) is 2.03. The quantitative estimate of drug-likeness (QED) is 0.844. The number of halogens is 2. The zero-order chi connectivity index (χ0) is 11.7. The van der Waals surface area contributed by atoms with Crippen molar-refractivity contribution in [1.29, 1.82) is 5.26 Å². The summed E-state index contributed by atoms with van der Waals surface area (Å²) in [4.78, 5) is 4.01. The van der Waals surface area contributed by atoms with E-state index in [4.69, 9.17) is 34.2 Å². The van der Waals surface area contributed by atoms with E-state index in [9.17, 15) is 0 Å². The van der Waals surface area contributed by atoms with Gasteiger partial charge in [-0.3, -0.25) is 0 Å². The molecule has 0 spiro atoms. The van der Waals surface area contributed by atoms with Crippen molar-refractivity contribution < 1.29 is 0 Å². The molecule has 0 aliphatic rings. The first-order valence-electron chi connectivity index (χ1n) is 4.18. The molecule has 5 nitrogen and oxygen atoms in total. The second-order valence-corrected chi connectivity index (χ2v) is 3.79. The van der Waals surface area contributed by atoms with Gasteiger partial charge < -0.3 is 5.73 Å². The maximum absolute atomic E-state index is 8.73. The van der Waals surface area contributed by atoms with Gasteiger partial charge >= 0.3 is 0 Å². The number of anilines is 1. The van der Waals surface area contributed by atoms with Gasteiger partial charge in [-0.1, -0.05) is 23.2 Å². The van der Waals surface area contributed by atoms with Crippen molar-refractivity contribution in [3.63, 3.8) is 0 Å². The monoisotopic (exact) mass is 253 g/mol. The molecule has 0 radical (unpaired) electrons. The smallest absolute Gasteiger partial charge is 0.172 e. The summed E-state index contributed by atoms with van der Waals surface area (Å²) in [6, 6.07) is 3.45. The molecule has 0 fully saturated rings. The van der Waals surface area contributed by atoms with Gasteiger partial charge in [0.2, 0.25) is 0 Å². The Morgan fingerprint density at radius 1 is 1.44 bits per heavy atom. The number of aromatic nitrogens is 3. The van der Waals surface area contributed by atoms with Crippen molar-refractivity contribution in [2.45, 2.75) is 0 Å². The molecule has 2 N–H and O–H groups in total. The molecule has 7 heteroatoms. The van der Waals surface area contributed by atoms with E-state index >= 15 is 0 Å². The molecule has 0 amide bonds. The Balaban J connectivity index is 2.55. The fraction of sp³-hybridized carbons (Fsp3) is 0. The van der Waals surface area contributed by atoms with Crippen LogP contribution in [0, 0.1) is 11.3 Å². The van der Waals surface area contributed by atoms with Crippen LogP contribution in [0.5, 0.6) is 0 Å². The summed E-state index contributed by atoms with van der Waals surface area (Å²) in [6.07, 6.45) is 2.89. The summed E-state index contributed by atoms with van der Waals surface area (Å²) in [7, 11) is 0. The molecule has 0 saturated carbocycles. The number of hydrogen-bond donors (Lipinski definition) is 1. The van der Waals surface area contributed by atoms with Crippen LogP contribution in [0.2, 0.25) is 10.0 Å².